The van der Waals surface area contributed by atoms with Gasteiger partial charge in [-0.25, -0.2) is 4.79 Å². The number of carbonyl (C=O) groups excluding carboxylic acids is 4. The minimum absolute atomic E-state index is 0.107. The fourth-order valence-electron chi connectivity index (χ4n) is 3.41. The third-order valence-electron chi connectivity index (χ3n) is 4.91. The summed E-state index contributed by atoms with van der Waals surface area (Å²) in [5.41, 5.74) is 0.643. The van der Waals surface area contributed by atoms with E-state index >= 15 is 0 Å². The summed E-state index contributed by atoms with van der Waals surface area (Å²) in [4.78, 5) is 47.7. The lowest BCUT2D eigenvalue weighted by molar-refractivity contribution is -0.279. The van der Waals surface area contributed by atoms with Crippen LogP contribution in [0.25, 0.3) is 6.08 Å². The van der Waals surface area contributed by atoms with Crippen molar-refractivity contribution in [3.63, 3.8) is 0 Å². The van der Waals surface area contributed by atoms with Gasteiger partial charge in [0, 0.05) is 25.2 Å². The van der Waals surface area contributed by atoms with Gasteiger partial charge < -0.3 is 28.4 Å². The summed E-state index contributed by atoms with van der Waals surface area (Å²) in [5.74, 6) is -3.45. The van der Waals surface area contributed by atoms with Crippen LogP contribution in [0.1, 0.15) is 40.2 Å². The van der Waals surface area contributed by atoms with E-state index in [0.717, 1.165) is 0 Å². The van der Waals surface area contributed by atoms with Gasteiger partial charge in [-0.2, -0.15) is 0 Å². The van der Waals surface area contributed by atoms with Crippen LogP contribution in [0.2, 0.25) is 0 Å². The second-order valence-electron chi connectivity index (χ2n) is 7.72. The number of rotatable bonds is 9. The van der Waals surface area contributed by atoms with E-state index in [1.54, 1.807) is 32.0 Å². The smallest absolute Gasteiger partial charge is 0.373 e. The lowest BCUT2D eigenvalue weighted by Crippen LogP contribution is -2.58. The highest BCUT2D eigenvalue weighted by Crippen LogP contribution is 2.33. The van der Waals surface area contributed by atoms with Gasteiger partial charge in [-0.3, -0.25) is 14.4 Å². The Morgan fingerprint density at radius 3 is 2.14 bits per heavy atom. The van der Waals surface area contributed by atoms with Gasteiger partial charge in [0.25, 0.3) is 0 Å². The van der Waals surface area contributed by atoms with Gasteiger partial charge in [0.15, 0.2) is 6.10 Å². The van der Waals surface area contributed by atoms with Crippen LogP contribution in [0.5, 0.6) is 0 Å². The van der Waals surface area contributed by atoms with Crippen LogP contribution in [0, 0.1) is 5.92 Å². The molecule has 1 heterocycles. The van der Waals surface area contributed by atoms with Gasteiger partial charge in [-0.1, -0.05) is 41.1 Å². The van der Waals surface area contributed by atoms with E-state index in [1.165, 1.54) is 26.8 Å². The second-order valence-corrected chi connectivity index (χ2v) is 8.58. The van der Waals surface area contributed by atoms with E-state index in [-0.39, 0.29) is 19.0 Å². The molecule has 0 radical (unpaired) electrons. The monoisotopic (exact) mass is 556 g/mol. The van der Waals surface area contributed by atoms with E-state index in [1.807, 2.05) is 6.07 Å². The first kappa shape index (κ1) is 28.3. The lowest BCUT2D eigenvalue weighted by atomic mass is 9.91. The van der Waals surface area contributed by atoms with E-state index in [2.05, 4.69) is 15.9 Å². The normalized spacial score (nSPS) is 24.2. The molecule has 0 bridgehead atoms. The summed E-state index contributed by atoms with van der Waals surface area (Å²) in [7, 11) is 0. The third-order valence-corrected chi connectivity index (χ3v) is 5.64. The zero-order valence-electron chi connectivity index (χ0n) is 20.1. The van der Waals surface area contributed by atoms with Gasteiger partial charge in [0.1, 0.15) is 18.8 Å². The Labute approximate surface area is 211 Å². The minimum Gasteiger partial charge on any atom is -0.463 e. The number of ether oxygens (including phenoxy) is 6. The Hall–Kier alpha value is -2.92. The van der Waals surface area contributed by atoms with Crippen LogP contribution >= 0.6 is 15.9 Å². The molecule has 11 heteroatoms. The molecule has 0 saturated carbocycles. The molecule has 1 fully saturated rings. The molecule has 192 valence electrons. The summed E-state index contributed by atoms with van der Waals surface area (Å²) in [6.07, 6.45) is -2.80. The quantitative estimate of drug-likeness (QED) is 0.194. The SMILES string of the molecule is CCOC(=O)/C(=C/c1ccccc1Br)O[C@H]1O[C@@H](COC(C)=O)[C@H](OC(C)=O)[C@@H](OC(C)=O)[C@@H]1C. The molecule has 35 heavy (non-hydrogen) atoms. The van der Waals surface area contributed by atoms with Crippen LogP contribution in [0.15, 0.2) is 34.5 Å². The number of hydrogen-bond acceptors (Lipinski definition) is 10. The van der Waals surface area contributed by atoms with Crippen molar-refractivity contribution in [1.29, 1.82) is 0 Å². The molecule has 0 aliphatic carbocycles. The topological polar surface area (TPSA) is 124 Å². The molecule has 0 amide bonds. The van der Waals surface area contributed by atoms with E-state index in [9.17, 15) is 19.2 Å². The Morgan fingerprint density at radius 1 is 0.943 bits per heavy atom. The Morgan fingerprint density at radius 2 is 1.57 bits per heavy atom. The maximum Gasteiger partial charge on any atom is 0.373 e. The van der Waals surface area contributed by atoms with Crippen molar-refractivity contribution in [2.75, 3.05) is 13.2 Å². The Kier molecular flexibility index (Phi) is 10.7. The van der Waals surface area contributed by atoms with Crippen molar-refractivity contribution in [3.8, 4) is 0 Å². The minimum atomic E-state index is -1.15. The third kappa shape index (κ3) is 8.36. The number of hydrogen-bond donors (Lipinski definition) is 0. The van der Waals surface area contributed by atoms with Gasteiger partial charge >= 0.3 is 23.9 Å². The highest BCUT2D eigenvalue weighted by atomic mass is 79.9. The number of carbonyl (C=O) groups is 4. The lowest BCUT2D eigenvalue weighted by Gasteiger charge is -2.43. The highest BCUT2D eigenvalue weighted by molar-refractivity contribution is 9.10. The van der Waals surface area contributed by atoms with Gasteiger partial charge in [0.05, 0.1) is 12.5 Å². The average molecular weight is 557 g/mol. The van der Waals surface area contributed by atoms with Gasteiger partial charge in [0.2, 0.25) is 12.0 Å². The summed E-state index contributed by atoms with van der Waals surface area (Å²) in [6.45, 7) is 6.72. The summed E-state index contributed by atoms with van der Waals surface area (Å²) >= 11 is 3.42. The van der Waals surface area contributed by atoms with Crippen LogP contribution < -0.4 is 0 Å². The number of benzene rings is 1. The molecule has 1 saturated heterocycles. The molecule has 1 aliphatic heterocycles. The molecule has 10 nitrogen and oxygen atoms in total. The molecular weight excluding hydrogens is 528 g/mol. The van der Waals surface area contributed by atoms with Crippen molar-refractivity contribution in [2.45, 2.75) is 59.2 Å². The van der Waals surface area contributed by atoms with Gasteiger partial charge in [-0.15, -0.1) is 0 Å². The molecule has 1 aliphatic rings. The largest absolute Gasteiger partial charge is 0.463 e. The molecule has 0 spiro atoms. The fourth-order valence-corrected chi connectivity index (χ4v) is 3.81. The highest BCUT2D eigenvalue weighted by Gasteiger charge is 2.49. The van der Waals surface area contributed by atoms with E-state index < -0.39 is 54.4 Å². The predicted octanol–water partition coefficient (Wildman–Crippen LogP) is 3.16. The molecule has 0 unspecified atom stereocenters. The molecular formula is C24H29BrO10. The van der Waals surface area contributed by atoms with E-state index in [4.69, 9.17) is 28.4 Å². The van der Waals surface area contributed by atoms with Crippen LogP contribution in [0.4, 0.5) is 0 Å². The maximum absolute atomic E-state index is 12.7. The first-order valence-corrected chi connectivity index (χ1v) is 11.8. The van der Waals surface area contributed by atoms with Crippen molar-refractivity contribution in [3.05, 3.63) is 40.1 Å². The molecule has 0 N–H and O–H groups in total. The predicted molar refractivity (Wildman–Crippen MR) is 125 cm³/mol. The number of esters is 4. The van der Waals surface area contributed by atoms with Crippen molar-refractivity contribution < 1.29 is 47.6 Å². The molecule has 0 aromatic heterocycles. The Bertz CT molecular complexity index is 959. The number of halogens is 1. The molecule has 1 aromatic rings. The van der Waals surface area contributed by atoms with Crippen molar-refractivity contribution >= 4 is 45.9 Å². The first-order valence-electron chi connectivity index (χ1n) is 11.0. The zero-order chi connectivity index (χ0) is 26.1. The van der Waals surface area contributed by atoms with Crippen molar-refractivity contribution in [1.82, 2.24) is 0 Å². The molecule has 1 aromatic carbocycles. The molecule has 2 rings (SSSR count). The first-order chi connectivity index (χ1) is 16.5. The maximum atomic E-state index is 12.7. The fraction of sp³-hybridized carbons (Fsp3) is 0.500. The van der Waals surface area contributed by atoms with Crippen LogP contribution in [0.3, 0.4) is 0 Å². The zero-order valence-corrected chi connectivity index (χ0v) is 21.7. The standard InChI is InChI=1S/C24H29BrO10/c1-6-30-23(29)19(11-17-9-7-8-10-18(17)25)34-24-13(2)21(32-15(4)27)22(33-16(5)28)20(35-24)12-31-14(3)26/h7-11,13,20-22,24H,6,12H2,1-5H3/b19-11-/t13-,20-,21-,22-,24-/m0/s1. The Balaban J connectivity index is 2.44. The summed E-state index contributed by atoms with van der Waals surface area (Å²) in [6, 6.07) is 7.16. The summed E-state index contributed by atoms with van der Waals surface area (Å²) < 4.78 is 33.7. The van der Waals surface area contributed by atoms with Crippen molar-refractivity contribution in [2.24, 2.45) is 5.92 Å². The van der Waals surface area contributed by atoms with E-state index in [0.29, 0.717) is 10.0 Å². The van der Waals surface area contributed by atoms with Crippen LogP contribution in [-0.4, -0.2) is 61.7 Å². The van der Waals surface area contributed by atoms with Crippen LogP contribution in [-0.2, 0) is 47.6 Å². The average Bonchev–Trinajstić information content (AvgIpc) is 2.77. The second kappa shape index (κ2) is 13.2. The van der Waals surface area contributed by atoms with Gasteiger partial charge in [-0.05, 0) is 24.6 Å². The summed E-state index contributed by atoms with van der Waals surface area (Å²) in [5, 5.41) is 0. The molecule has 5 atom stereocenters.